The molecule has 1 saturated heterocycles. The standard InChI is InChI=1S/C18H22N6O4.ClH/c19-8-9-20-17(25)13-4-3-10-22(12-13)18(26)14-7-11-23(21-14)15-5-1-2-6-16(15)24(27)28;/h1-2,5-7,11,13H,3-4,8-10,12,19H2,(H,20,25);1H. The highest BCUT2D eigenvalue weighted by molar-refractivity contribution is 5.93. The molecule has 1 aliphatic rings. The number of halogens is 1. The summed E-state index contributed by atoms with van der Waals surface area (Å²) in [6.07, 6.45) is 2.95. The first kappa shape index (κ1) is 22.3. The van der Waals surface area contributed by atoms with Crippen molar-refractivity contribution in [2.45, 2.75) is 12.8 Å². The molecule has 2 heterocycles. The van der Waals surface area contributed by atoms with Gasteiger partial charge in [0.05, 0.1) is 10.8 Å². The summed E-state index contributed by atoms with van der Waals surface area (Å²) in [5.74, 6) is -0.677. The minimum atomic E-state index is -0.492. The van der Waals surface area contributed by atoms with E-state index >= 15 is 0 Å². The number of nitrogens with zero attached hydrogens (tertiary/aromatic N) is 4. The number of benzene rings is 1. The number of carbonyl (C=O) groups excluding carboxylic acids is 2. The van der Waals surface area contributed by atoms with E-state index in [1.54, 1.807) is 23.1 Å². The van der Waals surface area contributed by atoms with E-state index in [1.807, 2.05) is 0 Å². The van der Waals surface area contributed by atoms with E-state index in [9.17, 15) is 19.7 Å². The van der Waals surface area contributed by atoms with Crippen LogP contribution in [0.3, 0.4) is 0 Å². The van der Waals surface area contributed by atoms with Gasteiger partial charge in [0, 0.05) is 38.4 Å². The van der Waals surface area contributed by atoms with Crippen molar-refractivity contribution < 1.29 is 14.5 Å². The van der Waals surface area contributed by atoms with Crippen LogP contribution in [-0.4, -0.2) is 57.6 Å². The zero-order chi connectivity index (χ0) is 20.1. The van der Waals surface area contributed by atoms with Crippen LogP contribution in [-0.2, 0) is 4.79 Å². The molecule has 10 nitrogen and oxygen atoms in total. The lowest BCUT2D eigenvalue weighted by Crippen LogP contribution is -2.46. The first-order valence-electron chi connectivity index (χ1n) is 9.07. The number of likely N-dealkylation sites (tertiary alicyclic amines) is 1. The average Bonchev–Trinajstić information content (AvgIpc) is 3.21. The van der Waals surface area contributed by atoms with Crippen molar-refractivity contribution in [1.29, 1.82) is 0 Å². The first-order chi connectivity index (χ1) is 13.5. The topological polar surface area (TPSA) is 136 Å². The molecule has 29 heavy (non-hydrogen) atoms. The maximum atomic E-state index is 12.8. The predicted octanol–water partition coefficient (Wildman–Crippen LogP) is 1.13. The molecule has 1 fully saturated rings. The van der Waals surface area contributed by atoms with E-state index < -0.39 is 4.92 Å². The first-order valence-corrected chi connectivity index (χ1v) is 9.07. The fourth-order valence-electron chi connectivity index (χ4n) is 3.26. The van der Waals surface area contributed by atoms with Crippen molar-refractivity contribution in [3.63, 3.8) is 0 Å². The van der Waals surface area contributed by atoms with Gasteiger partial charge in [-0.05, 0) is 25.0 Å². The van der Waals surface area contributed by atoms with Gasteiger partial charge in [-0.15, -0.1) is 12.4 Å². The zero-order valence-corrected chi connectivity index (χ0v) is 16.5. The molecular formula is C18H23ClN6O4. The molecule has 1 unspecified atom stereocenters. The lowest BCUT2D eigenvalue weighted by atomic mass is 9.97. The highest BCUT2D eigenvalue weighted by atomic mass is 35.5. The molecule has 0 saturated carbocycles. The van der Waals surface area contributed by atoms with Crippen LogP contribution in [0.5, 0.6) is 0 Å². The van der Waals surface area contributed by atoms with Crippen molar-refractivity contribution in [3.8, 4) is 5.69 Å². The fourth-order valence-corrected chi connectivity index (χ4v) is 3.26. The number of rotatable bonds is 6. The Balaban J connectivity index is 0.00000300. The van der Waals surface area contributed by atoms with Gasteiger partial charge in [0.2, 0.25) is 5.91 Å². The molecular weight excluding hydrogens is 400 g/mol. The van der Waals surface area contributed by atoms with Gasteiger partial charge in [0.15, 0.2) is 5.69 Å². The second kappa shape index (κ2) is 9.99. The van der Waals surface area contributed by atoms with E-state index in [0.29, 0.717) is 32.6 Å². The average molecular weight is 423 g/mol. The van der Waals surface area contributed by atoms with Crippen LogP contribution in [0.4, 0.5) is 5.69 Å². The number of nitrogens with two attached hydrogens (primary N) is 1. The number of piperidine rings is 1. The van der Waals surface area contributed by atoms with Gasteiger partial charge in [-0.25, -0.2) is 4.68 Å². The molecule has 1 atom stereocenters. The Morgan fingerprint density at radius 1 is 1.31 bits per heavy atom. The Kier molecular flexibility index (Phi) is 7.68. The molecule has 3 N–H and O–H groups in total. The van der Waals surface area contributed by atoms with Crippen molar-refractivity contribution >= 4 is 29.9 Å². The van der Waals surface area contributed by atoms with Gasteiger partial charge in [0.1, 0.15) is 5.69 Å². The van der Waals surface area contributed by atoms with E-state index in [0.717, 1.165) is 6.42 Å². The summed E-state index contributed by atoms with van der Waals surface area (Å²) < 4.78 is 1.32. The molecule has 1 aromatic carbocycles. The second-order valence-corrected chi connectivity index (χ2v) is 6.56. The number of hydrogen-bond acceptors (Lipinski definition) is 6. The molecule has 0 aliphatic carbocycles. The van der Waals surface area contributed by atoms with E-state index in [4.69, 9.17) is 5.73 Å². The van der Waals surface area contributed by atoms with E-state index in [2.05, 4.69) is 10.4 Å². The summed E-state index contributed by atoms with van der Waals surface area (Å²) in [7, 11) is 0. The van der Waals surface area contributed by atoms with Crippen LogP contribution in [0.25, 0.3) is 5.69 Å². The number of amides is 2. The number of hydrogen-bond donors (Lipinski definition) is 2. The molecule has 156 valence electrons. The Morgan fingerprint density at radius 2 is 2.07 bits per heavy atom. The number of para-hydroxylation sites is 2. The molecule has 1 aliphatic heterocycles. The largest absolute Gasteiger partial charge is 0.355 e. The molecule has 0 bridgehead atoms. The Hall–Kier alpha value is -2.98. The molecule has 0 radical (unpaired) electrons. The summed E-state index contributed by atoms with van der Waals surface area (Å²) in [6, 6.07) is 7.71. The van der Waals surface area contributed by atoms with Gasteiger partial charge in [0.25, 0.3) is 11.6 Å². The number of aromatic nitrogens is 2. The molecule has 11 heteroatoms. The van der Waals surface area contributed by atoms with Crippen LogP contribution in [0, 0.1) is 16.0 Å². The quantitative estimate of drug-likeness (QED) is 0.528. The maximum Gasteiger partial charge on any atom is 0.294 e. The van der Waals surface area contributed by atoms with Gasteiger partial charge in [-0.2, -0.15) is 5.10 Å². The molecule has 2 aromatic rings. The van der Waals surface area contributed by atoms with Crippen LogP contribution >= 0.6 is 12.4 Å². The summed E-state index contributed by atoms with van der Waals surface area (Å²) in [6.45, 7) is 1.62. The van der Waals surface area contributed by atoms with Crippen molar-refractivity contribution in [2.75, 3.05) is 26.2 Å². The Bertz CT molecular complexity index is 887. The third-order valence-electron chi connectivity index (χ3n) is 4.66. The highest BCUT2D eigenvalue weighted by Crippen LogP contribution is 2.23. The zero-order valence-electron chi connectivity index (χ0n) is 15.7. The Morgan fingerprint density at radius 3 is 2.79 bits per heavy atom. The number of nitro groups is 1. The van der Waals surface area contributed by atoms with Crippen LogP contribution in [0.2, 0.25) is 0 Å². The van der Waals surface area contributed by atoms with E-state index in [1.165, 1.54) is 23.0 Å². The van der Waals surface area contributed by atoms with Gasteiger partial charge in [-0.3, -0.25) is 19.7 Å². The number of carbonyl (C=O) groups is 2. The number of nitrogens with one attached hydrogen (secondary N) is 1. The lowest BCUT2D eigenvalue weighted by molar-refractivity contribution is -0.384. The van der Waals surface area contributed by atoms with Crippen LogP contribution < -0.4 is 11.1 Å². The lowest BCUT2D eigenvalue weighted by Gasteiger charge is -2.31. The third-order valence-corrected chi connectivity index (χ3v) is 4.66. The van der Waals surface area contributed by atoms with Gasteiger partial charge in [-0.1, -0.05) is 12.1 Å². The Labute approximate surface area is 173 Å². The molecule has 3 rings (SSSR count). The SMILES string of the molecule is Cl.NCCNC(=O)C1CCCN(C(=O)c2ccn(-c3ccccc3[N+](=O)[O-])n2)C1. The predicted molar refractivity (Wildman–Crippen MR) is 108 cm³/mol. The van der Waals surface area contributed by atoms with Gasteiger partial charge >= 0.3 is 0 Å². The van der Waals surface area contributed by atoms with E-state index in [-0.39, 0.29) is 47.2 Å². The van der Waals surface area contributed by atoms with Crippen molar-refractivity contribution in [3.05, 3.63) is 52.3 Å². The molecule has 1 aromatic heterocycles. The summed E-state index contributed by atoms with van der Waals surface area (Å²) in [5.41, 5.74) is 5.77. The normalized spacial score (nSPS) is 16.0. The minimum absolute atomic E-state index is 0. The molecule has 2 amide bonds. The van der Waals surface area contributed by atoms with Crippen molar-refractivity contribution in [1.82, 2.24) is 20.0 Å². The summed E-state index contributed by atoms with van der Waals surface area (Å²) >= 11 is 0. The maximum absolute atomic E-state index is 12.8. The second-order valence-electron chi connectivity index (χ2n) is 6.56. The number of nitro benzene ring substituents is 1. The summed E-state index contributed by atoms with van der Waals surface area (Å²) in [4.78, 5) is 37.3. The van der Waals surface area contributed by atoms with Crippen LogP contribution in [0.15, 0.2) is 36.5 Å². The third kappa shape index (κ3) is 5.09. The monoisotopic (exact) mass is 422 g/mol. The minimum Gasteiger partial charge on any atom is -0.355 e. The fraction of sp³-hybridized carbons (Fsp3) is 0.389. The molecule has 0 spiro atoms. The summed E-state index contributed by atoms with van der Waals surface area (Å²) in [5, 5.41) is 18.2. The van der Waals surface area contributed by atoms with Crippen molar-refractivity contribution in [2.24, 2.45) is 11.7 Å². The van der Waals surface area contributed by atoms with Gasteiger partial charge < -0.3 is 16.0 Å². The smallest absolute Gasteiger partial charge is 0.294 e. The van der Waals surface area contributed by atoms with Crippen LogP contribution in [0.1, 0.15) is 23.3 Å². The highest BCUT2D eigenvalue weighted by Gasteiger charge is 2.30.